The summed E-state index contributed by atoms with van der Waals surface area (Å²) in [7, 11) is 0. The minimum absolute atomic E-state index is 0. The summed E-state index contributed by atoms with van der Waals surface area (Å²) in [4.78, 5) is 4.25. The first-order valence-corrected chi connectivity index (χ1v) is 8.11. The molecule has 0 heterocycles. The average molecular weight is 455 g/mol. The van der Waals surface area contributed by atoms with E-state index in [9.17, 15) is 0 Å². The Kier molecular flexibility index (Phi) is 9.94. The summed E-state index contributed by atoms with van der Waals surface area (Å²) in [6.07, 6.45) is 0. The fraction of sp³-hybridized carbons (Fsp3) is 0.316. The first kappa shape index (κ1) is 21.2. The highest BCUT2D eigenvalue weighted by atomic mass is 127. The van der Waals surface area contributed by atoms with Gasteiger partial charge in [0.2, 0.25) is 0 Å². The number of anilines is 1. The lowest BCUT2D eigenvalue weighted by Gasteiger charge is -2.09. The maximum absolute atomic E-state index is 5.89. The van der Waals surface area contributed by atoms with E-state index < -0.39 is 0 Å². The zero-order valence-electron chi connectivity index (χ0n) is 14.6. The highest BCUT2D eigenvalue weighted by Crippen LogP contribution is 2.23. The molecule has 0 saturated carbocycles. The molecule has 0 spiro atoms. The van der Waals surface area contributed by atoms with E-state index in [1.165, 1.54) is 0 Å². The van der Waals surface area contributed by atoms with E-state index in [0.29, 0.717) is 25.0 Å². The van der Waals surface area contributed by atoms with Crippen LogP contribution in [0.4, 0.5) is 5.69 Å². The molecule has 0 unspecified atom stereocenters. The average Bonchev–Trinajstić information content (AvgIpc) is 2.55. The van der Waals surface area contributed by atoms with Gasteiger partial charge in [0.1, 0.15) is 11.5 Å². The number of aliphatic imine (C=N–C) groups is 1. The Morgan fingerprint density at radius 2 is 1.80 bits per heavy atom. The van der Waals surface area contributed by atoms with Gasteiger partial charge in [-0.25, -0.2) is 0 Å². The third-order valence-electron chi connectivity index (χ3n) is 3.05. The molecule has 2 aromatic rings. The van der Waals surface area contributed by atoms with Crippen molar-refractivity contribution in [3.63, 3.8) is 0 Å². The van der Waals surface area contributed by atoms with E-state index in [1.54, 1.807) is 0 Å². The number of guanidine groups is 1. The van der Waals surface area contributed by atoms with Crippen molar-refractivity contribution < 1.29 is 9.47 Å². The molecule has 0 bridgehead atoms. The van der Waals surface area contributed by atoms with Crippen molar-refractivity contribution in [2.75, 3.05) is 25.1 Å². The van der Waals surface area contributed by atoms with Crippen LogP contribution in [0.5, 0.6) is 11.5 Å². The van der Waals surface area contributed by atoms with E-state index in [1.807, 2.05) is 54.6 Å². The second kappa shape index (κ2) is 11.7. The summed E-state index contributed by atoms with van der Waals surface area (Å²) in [6.45, 7) is 6.07. The number of ether oxygens (including phenoxy) is 2. The molecule has 3 N–H and O–H groups in total. The van der Waals surface area contributed by atoms with Crippen LogP contribution in [-0.4, -0.2) is 25.7 Å². The van der Waals surface area contributed by atoms with Gasteiger partial charge >= 0.3 is 0 Å². The van der Waals surface area contributed by atoms with E-state index in [0.717, 1.165) is 23.8 Å². The summed E-state index contributed by atoms with van der Waals surface area (Å²) >= 11 is 0. The number of benzene rings is 2. The predicted octanol–water partition coefficient (Wildman–Crippen LogP) is 4.50. The van der Waals surface area contributed by atoms with Crippen LogP contribution in [0.1, 0.15) is 13.8 Å². The summed E-state index contributed by atoms with van der Waals surface area (Å²) < 4.78 is 11.3. The van der Waals surface area contributed by atoms with Crippen LogP contribution in [0.25, 0.3) is 0 Å². The topological polar surface area (TPSA) is 68.9 Å². The Labute approximate surface area is 166 Å². The van der Waals surface area contributed by atoms with Gasteiger partial charge in [-0.15, -0.1) is 24.0 Å². The predicted molar refractivity (Wildman–Crippen MR) is 114 cm³/mol. The van der Waals surface area contributed by atoms with Crippen molar-refractivity contribution in [1.29, 1.82) is 0 Å². The highest BCUT2D eigenvalue weighted by Gasteiger charge is 2.00. The minimum Gasteiger partial charge on any atom is -0.457 e. The van der Waals surface area contributed by atoms with Crippen LogP contribution in [0.2, 0.25) is 0 Å². The third-order valence-corrected chi connectivity index (χ3v) is 3.05. The first-order chi connectivity index (χ1) is 11.6. The van der Waals surface area contributed by atoms with Gasteiger partial charge in [0.25, 0.3) is 0 Å². The van der Waals surface area contributed by atoms with Gasteiger partial charge in [0, 0.05) is 18.4 Å². The van der Waals surface area contributed by atoms with E-state index in [2.05, 4.69) is 24.2 Å². The molecule has 5 nitrogen and oxygen atoms in total. The molecular weight excluding hydrogens is 429 g/mol. The molecule has 0 saturated heterocycles. The molecule has 0 amide bonds. The molecule has 0 aliphatic rings. The molecule has 136 valence electrons. The number of nitrogens with two attached hydrogens (primary N) is 1. The standard InChI is InChI=1S/C19H25N3O2.HI/c1-15(2)14-23-12-11-21-19(20)22-16-7-6-10-18(13-16)24-17-8-4-3-5-9-17;/h3-10,13,15H,11-12,14H2,1-2H3,(H3,20,21,22);1H. The van der Waals surface area contributed by atoms with Gasteiger partial charge in [-0.1, -0.05) is 38.1 Å². The minimum atomic E-state index is 0. The van der Waals surface area contributed by atoms with E-state index in [-0.39, 0.29) is 24.0 Å². The molecule has 25 heavy (non-hydrogen) atoms. The summed E-state index contributed by atoms with van der Waals surface area (Å²) in [5.41, 5.74) is 6.72. The summed E-state index contributed by atoms with van der Waals surface area (Å²) in [6, 6.07) is 17.2. The van der Waals surface area contributed by atoms with Crippen molar-refractivity contribution >= 4 is 35.6 Å². The Morgan fingerprint density at radius 1 is 1.08 bits per heavy atom. The van der Waals surface area contributed by atoms with Crippen LogP contribution in [-0.2, 0) is 4.74 Å². The fourth-order valence-corrected chi connectivity index (χ4v) is 2.00. The number of hydrogen-bond donors (Lipinski definition) is 2. The quantitative estimate of drug-likeness (QED) is 0.266. The van der Waals surface area contributed by atoms with Gasteiger partial charge in [0.05, 0.1) is 13.2 Å². The molecule has 0 radical (unpaired) electrons. The van der Waals surface area contributed by atoms with Crippen molar-refractivity contribution in [1.82, 2.24) is 0 Å². The normalized spacial score (nSPS) is 11.1. The lowest BCUT2D eigenvalue weighted by molar-refractivity contribution is 0.117. The van der Waals surface area contributed by atoms with Gasteiger partial charge in [-0.2, -0.15) is 0 Å². The van der Waals surface area contributed by atoms with Gasteiger partial charge in [-0.3, -0.25) is 4.99 Å². The molecule has 0 aromatic heterocycles. The monoisotopic (exact) mass is 455 g/mol. The Hall–Kier alpha value is -1.80. The number of halogens is 1. The van der Waals surface area contributed by atoms with Crippen LogP contribution in [0, 0.1) is 5.92 Å². The van der Waals surface area contributed by atoms with E-state index in [4.69, 9.17) is 15.2 Å². The Balaban J connectivity index is 0.00000312. The molecular formula is C19H26IN3O2. The maximum atomic E-state index is 5.89. The zero-order chi connectivity index (χ0) is 17.2. The smallest absolute Gasteiger partial charge is 0.193 e. The Bertz CT molecular complexity index is 648. The van der Waals surface area contributed by atoms with Gasteiger partial charge in [0.15, 0.2) is 5.96 Å². The molecule has 0 atom stereocenters. The fourth-order valence-electron chi connectivity index (χ4n) is 2.00. The first-order valence-electron chi connectivity index (χ1n) is 8.11. The lowest BCUT2D eigenvalue weighted by atomic mass is 10.2. The molecule has 0 aliphatic heterocycles. The lowest BCUT2D eigenvalue weighted by Crippen LogP contribution is -2.23. The molecule has 2 rings (SSSR count). The van der Waals surface area contributed by atoms with Crippen molar-refractivity contribution in [2.24, 2.45) is 16.6 Å². The van der Waals surface area contributed by atoms with Crippen LogP contribution >= 0.6 is 24.0 Å². The number of nitrogens with zero attached hydrogens (tertiary/aromatic N) is 1. The van der Waals surface area contributed by atoms with Gasteiger partial charge < -0.3 is 20.5 Å². The molecule has 2 aromatic carbocycles. The van der Waals surface area contributed by atoms with E-state index >= 15 is 0 Å². The molecule has 0 fully saturated rings. The number of hydrogen-bond acceptors (Lipinski definition) is 3. The second-order valence-electron chi connectivity index (χ2n) is 5.80. The van der Waals surface area contributed by atoms with Gasteiger partial charge in [-0.05, 0) is 30.2 Å². The third kappa shape index (κ3) is 8.74. The second-order valence-corrected chi connectivity index (χ2v) is 5.80. The summed E-state index contributed by atoms with van der Waals surface area (Å²) in [5.74, 6) is 2.41. The Morgan fingerprint density at radius 3 is 2.52 bits per heavy atom. The van der Waals surface area contributed by atoms with Crippen molar-refractivity contribution in [3.05, 3.63) is 54.6 Å². The van der Waals surface area contributed by atoms with Crippen LogP contribution < -0.4 is 15.8 Å². The number of rotatable bonds is 8. The molecule has 6 heteroatoms. The van der Waals surface area contributed by atoms with Crippen LogP contribution in [0.3, 0.4) is 0 Å². The van der Waals surface area contributed by atoms with Crippen molar-refractivity contribution in [2.45, 2.75) is 13.8 Å². The molecule has 0 aliphatic carbocycles. The maximum Gasteiger partial charge on any atom is 0.193 e. The van der Waals surface area contributed by atoms with Crippen molar-refractivity contribution in [3.8, 4) is 11.5 Å². The highest BCUT2D eigenvalue weighted by molar-refractivity contribution is 14.0. The van der Waals surface area contributed by atoms with Crippen LogP contribution in [0.15, 0.2) is 59.6 Å². The zero-order valence-corrected chi connectivity index (χ0v) is 17.0. The summed E-state index contributed by atoms with van der Waals surface area (Å²) in [5, 5.41) is 3.06. The SMILES string of the molecule is CC(C)COCCN=C(N)Nc1cccc(Oc2ccccc2)c1.I. The number of nitrogens with one attached hydrogen (secondary N) is 1. The number of para-hydroxylation sites is 1. The largest absolute Gasteiger partial charge is 0.457 e.